The van der Waals surface area contributed by atoms with Crippen molar-refractivity contribution in [1.82, 2.24) is 0 Å². The number of carbonyl (C=O) groups excluding carboxylic acids is 1. The first-order chi connectivity index (χ1) is 10.3. The smallest absolute Gasteiger partial charge is 0.265 e. The molecule has 0 spiro atoms. The van der Waals surface area contributed by atoms with Crippen LogP contribution >= 0.6 is 23.2 Å². The minimum Gasteiger partial charge on any atom is -0.323 e. The molecular weight excluding hydrogens is 347 g/mol. The van der Waals surface area contributed by atoms with Gasteiger partial charge in [-0.25, -0.2) is 8.42 Å². The molecule has 22 heavy (non-hydrogen) atoms. The molecule has 3 rings (SSSR count). The zero-order chi connectivity index (χ0) is 16.0. The molecule has 0 saturated heterocycles. The van der Waals surface area contributed by atoms with Crippen LogP contribution in [0.5, 0.6) is 0 Å². The highest BCUT2D eigenvalue weighted by Crippen LogP contribution is 2.45. The molecule has 0 fully saturated rings. The lowest BCUT2D eigenvalue weighted by Gasteiger charge is -2.11. The summed E-state index contributed by atoms with van der Waals surface area (Å²) in [6.07, 6.45) is 0. The standard InChI is InChI=1S/C14H10Cl2N2O3S/c15-14(16)11-7-6-9(8-12(11)17-13(14)19)18-22(20,21)10-4-2-1-3-5-10/h1-8,18H,(H,17,19). The van der Waals surface area contributed by atoms with Gasteiger partial charge in [0.25, 0.3) is 15.9 Å². The van der Waals surface area contributed by atoms with Crippen molar-refractivity contribution in [3.05, 3.63) is 54.1 Å². The summed E-state index contributed by atoms with van der Waals surface area (Å²) in [6.45, 7) is 0. The van der Waals surface area contributed by atoms with E-state index in [9.17, 15) is 13.2 Å². The number of rotatable bonds is 3. The summed E-state index contributed by atoms with van der Waals surface area (Å²) < 4.78 is 25.3. The summed E-state index contributed by atoms with van der Waals surface area (Å²) in [6, 6.07) is 12.4. The maximum Gasteiger partial charge on any atom is 0.265 e. The van der Waals surface area contributed by atoms with Gasteiger partial charge >= 0.3 is 0 Å². The maximum absolute atomic E-state index is 12.2. The largest absolute Gasteiger partial charge is 0.323 e. The molecule has 0 unspecified atom stereocenters. The zero-order valence-electron chi connectivity index (χ0n) is 11.0. The van der Waals surface area contributed by atoms with Crippen molar-refractivity contribution in [3.63, 3.8) is 0 Å². The Hall–Kier alpha value is -1.76. The Kier molecular flexibility index (Phi) is 3.55. The fourth-order valence-electron chi connectivity index (χ4n) is 2.12. The molecule has 0 saturated carbocycles. The average Bonchev–Trinajstić information content (AvgIpc) is 2.69. The van der Waals surface area contributed by atoms with Gasteiger partial charge in [-0.05, 0) is 24.3 Å². The Morgan fingerprint density at radius 3 is 2.41 bits per heavy atom. The molecule has 0 bridgehead atoms. The summed E-state index contributed by atoms with van der Waals surface area (Å²) >= 11 is 11.9. The third-order valence-corrected chi connectivity index (χ3v) is 5.34. The van der Waals surface area contributed by atoms with E-state index < -0.39 is 20.3 Å². The Labute approximate surface area is 137 Å². The van der Waals surface area contributed by atoms with E-state index in [2.05, 4.69) is 10.0 Å². The molecule has 1 aliphatic rings. The van der Waals surface area contributed by atoms with Crippen molar-refractivity contribution in [2.24, 2.45) is 0 Å². The van der Waals surface area contributed by atoms with E-state index in [1.165, 1.54) is 30.3 Å². The highest BCUT2D eigenvalue weighted by molar-refractivity contribution is 7.92. The molecule has 2 N–H and O–H groups in total. The van der Waals surface area contributed by atoms with Gasteiger partial charge < -0.3 is 5.32 Å². The topological polar surface area (TPSA) is 75.3 Å². The first kappa shape index (κ1) is 15.1. The van der Waals surface area contributed by atoms with E-state index in [1.807, 2.05) is 0 Å². The molecule has 8 heteroatoms. The number of sulfonamides is 1. The van der Waals surface area contributed by atoms with Crippen LogP contribution in [0.3, 0.4) is 0 Å². The number of halogens is 2. The molecule has 1 aliphatic heterocycles. The highest BCUT2D eigenvalue weighted by Gasteiger charge is 2.43. The fraction of sp³-hybridized carbons (Fsp3) is 0.0714. The summed E-state index contributed by atoms with van der Waals surface area (Å²) in [4.78, 5) is 11.8. The second kappa shape index (κ2) is 5.15. The van der Waals surface area contributed by atoms with Crippen molar-refractivity contribution in [3.8, 4) is 0 Å². The molecule has 1 heterocycles. The third-order valence-electron chi connectivity index (χ3n) is 3.20. The molecular formula is C14H10Cl2N2O3S. The van der Waals surface area contributed by atoms with Crippen molar-refractivity contribution >= 4 is 50.5 Å². The van der Waals surface area contributed by atoms with E-state index in [-0.39, 0.29) is 4.90 Å². The van der Waals surface area contributed by atoms with Crippen LogP contribution in [0.25, 0.3) is 0 Å². The number of benzene rings is 2. The predicted molar refractivity (Wildman–Crippen MR) is 85.7 cm³/mol. The number of amides is 1. The summed E-state index contributed by atoms with van der Waals surface area (Å²) in [5.74, 6) is -0.561. The number of hydrogen-bond donors (Lipinski definition) is 2. The lowest BCUT2D eigenvalue weighted by atomic mass is 10.1. The van der Waals surface area contributed by atoms with Crippen LogP contribution in [0.2, 0.25) is 0 Å². The quantitative estimate of drug-likeness (QED) is 0.829. The first-order valence-electron chi connectivity index (χ1n) is 6.22. The first-order valence-corrected chi connectivity index (χ1v) is 8.46. The highest BCUT2D eigenvalue weighted by atomic mass is 35.5. The number of carbonyl (C=O) groups is 1. The van der Waals surface area contributed by atoms with Gasteiger partial charge in [0.2, 0.25) is 4.33 Å². The number of anilines is 2. The third kappa shape index (κ3) is 2.54. The normalized spacial score (nSPS) is 16.0. The van der Waals surface area contributed by atoms with Gasteiger partial charge in [0.15, 0.2) is 0 Å². The summed E-state index contributed by atoms with van der Waals surface area (Å²) in [7, 11) is -3.70. The van der Waals surface area contributed by atoms with Gasteiger partial charge in [-0.2, -0.15) is 0 Å². The van der Waals surface area contributed by atoms with E-state index in [1.54, 1.807) is 18.2 Å². The zero-order valence-corrected chi connectivity index (χ0v) is 13.3. The second-order valence-electron chi connectivity index (χ2n) is 4.71. The Balaban J connectivity index is 1.93. The molecule has 0 aliphatic carbocycles. The van der Waals surface area contributed by atoms with Crippen molar-refractivity contribution in [1.29, 1.82) is 0 Å². The number of alkyl halides is 2. The second-order valence-corrected chi connectivity index (χ2v) is 7.72. The van der Waals surface area contributed by atoms with Crippen LogP contribution in [0.15, 0.2) is 53.4 Å². The fourth-order valence-corrected chi connectivity index (χ4v) is 3.62. The minimum atomic E-state index is -3.70. The van der Waals surface area contributed by atoms with Gasteiger partial charge in [0.05, 0.1) is 10.6 Å². The van der Waals surface area contributed by atoms with Crippen LogP contribution in [-0.2, 0) is 19.2 Å². The number of fused-ring (bicyclic) bond motifs is 1. The number of hydrogen-bond acceptors (Lipinski definition) is 3. The van der Waals surface area contributed by atoms with Gasteiger partial charge in [-0.3, -0.25) is 9.52 Å². The predicted octanol–water partition coefficient (Wildman–Crippen LogP) is 3.07. The minimum absolute atomic E-state index is 0.142. The van der Waals surface area contributed by atoms with Gasteiger partial charge in [-0.1, -0.05) is 47.5 Å². The molecule has 1 amide bonds. The molecule has 0 aromatic heterocycles. The molecule has 0 radical (unpaired) electrons. The van der Waals surface area contributed by atoms with E-state index in [0.717, 1.165) is 0 Å². The summed E-state index contributed by atoms with van der Waals surface area (Å²) in [5, 5.41) is 2.52. The average molecular weight is 357 g/mol. The molecule has 2 aromatic rings. The molecule has 114 valence electrons. The maximum atomic E-state index is 12.2. The summed E-state index contributed by atoms with van der Waals surface area (Å²) in [5.41, 5.74) is 1.07. The molecule has 0 atom stereocenters. The SMILES string of the molecule is O=C1Nc2cc(NS(=O)(=O)c3ccccc3)ccc2C1(Cl)Cl. The van der Waals surface area contributed by atoms with E-state index in [0.29, 0.717) is 16.9 Å². The van der Waals surface area contributed by atoms with Gasteiger partial charge in [-0.15, -0.1) is 0 Å². The lowest BCUT2D eigenvalue weighted by Crippen LogP contribution is -2.21. The van der Waals surface area contributed by atoms with Crippen LogP contribution in [0.4, 0.5) is 11.4 Å². The van der Waals surface area contributed by atoms with Gasteiger partial charge in [0.1, 0.15) is 0 Å². The Bertz CT molecular complexity index is 852. The van der Waals surface area contributed by atoms with Crippen LogP contribution in [0, 0.1) is 0 Å². The number of nitrogens with one attached hydrogen (secondary N) is 2. The van der Waals surface area contributed by atoms with E-state index in [4.69, 9.17) is 23.2 Å². The van der Waals surface area contributed by atoms with Crippen molar-refractivity contribution in [2.75, 3.05) is 10.0 Å². The van der Waals surface area contributed by atoms with Crippen LogP contribution < -0.4 is 10.0 Å². The van der Waals surface area contributed by atoms with E-state index >= 15 is 0 Å². The molecule has 5 nitrogen and oxygen atoms in total. The van der Waals surface area contributed by atoms with Gasteiger partial charge in [0, 0.05) is 11.3 Å². The Morgan fingerprint density at radius 2 is 1.73 bits per heavy atom. The lowest BCUT2D eigenvalue weighted by molar-refractivity contribution is -0.116. The molecule has 2 aromatic carbocycles. The monoisotopic (exact) mass is 356 g/mol. The Morgan fingerprint density at radius 1 is 1.05 bits per heavy atom. The van der Waals surface area contributed by atoms with Crippen LogP contribution in [-0.4, -0.2) is 14.3 Å². The van der Waals surface area contributed by atoms with Crippen molar-refractivity contribution in [2.45, 2.75) is 9.23 Å². The van der Waals surface area contributed by atoms with Crippen molar-refractivity contribution < 1.29 is 13.2 Å². The van der Waals surface area contributed by atoms with Crippen LogP contribution in [0.1, 0.15) is 5.56 Å².